The Morgan fingerprint density at radius 2 is 2.32 bits per heavy atom. The molecular formula is C14H13ClN2OS. The number of benzene rings is 1. The SMILES string of the molecule is Cc1csc(CC(N)c2cc3cccc(Cl)c3o2)n1. The molecule has 0 bridgehead atoms. The maximum absolute atomic E-state index is 6.18. The van der Waals surface area contributed by atoms with Crippen molar-refractivity contribution < 1.29 is 4.42 Å². The molecule has 1 atom stereocenters. The van der Waals surface area contributed by atoms with Crippen LogP contribution in [-0.2, 0) is 6.42 Å². The molecule has 2 heterocycles. The molecule has 3 aromatic rings. The van der Waals surface area contributed by atoms with Crippen LogP contribution in [0, 0.1) is 6.92 Å². The van der Waals surface area contributed by atoms with Gasteiger partial charge in [0.25, 0.3) is 0 Å². The smallest absolute Gasteiger partial charge is 0.152 e. The zero-order valence-corrected chi connectivity index (χ0v) is 12.0. The molecule has 1 aromatic carbocycles. The molecule has 0 spiro atoms. The molecule has 3 nitrogen and oxygen atoms in total. The van der Waals surface area contributed by atoms with E-state index in [4.69, 9.17) is 21.8 Å². The van der Waals surface area contributed by atoms with Crippen LogP contribution in [0.3, 0.4) is 0 Å². The summed E-state index contributed by atoms with van der Waals surface area (Å²) in [7, 11) is 0. The van der Waals surface area contributed by atoms with E-state index in [1.807, 2.05) is 36.6 Å². The average molecular weight is 293 g/mol. The molecular weight excluding hydrogens is 280 g/mol. The minimum atomic E-state index is -0.200. The first-order valence-electron chi connectivity index (χ1n) is 5.98. The lowest BCUT2D eigenvalue weighted by Gasteiger charge is -2.05. The summed E-state index contributed by atoms with van der Waals surface area (Å²) in [5, 5.41) is 4.64. The lowest BCUT2D eigenvalue weighted by atomic mass is 10.1. The molecule has 5 heteroatoms. The summed E-state index contributed by atoms with van der Waals surface area (Å²) < 4.78 is 5.76. The number of halogens is 1. The first-order valence-corrected chi connectivity index (χ1v) is 7.24. The topological polar surface area (TPSA) is 52.0 Å². The van der Waals surface area contributed by atoms with E-state index in [2.05, 4.69) is 4.98 Å². The van der Waals surface area contributed by atoms with Crippen LogP contribution in [0.25, 0.3) is 11.0 Å². The van der Waals surface area contributed by atoms with Gasteiger partial charge in [-0.05, 0) is 19.1 Å². The third-order valence-corrected chi connectivity index (χ3v) is 4.23. The second kappa shape index (κ2) is 4.96. The van der Waals surface area contributed by atoms with E-state index in [0.29, 0.717) is 17.0 Å². The second-order valence-electron chi connectivity index (χ2n) is 4.50. The molecule has 1 unspecified atom stereocenters. The fourth-order valence-corrected chi connectivity index (χ4v) is 3.07. The summed E-state index contributed by atoms with van der Waals surface area (Å²) in [5.74, 6) is 0.746. The van der Waals surface area contributed by atoms with Crippen molar-refractivity contribution >= 4 is 33.9 Å². The minimum absolute atomic E-state index is 0.200. The van der Waals surface area contributed by atoms with Gasteiger partial charge in [-0.15, -0.1) is 11.3 Å². The van der Waals surface area contributed by atoms with Crippen molar-refractivity contribution in [3.8, 4) is 0 Å². The molecule has 0 aliphatic rings. The number of hydrogen-bond acceptors (Lipinski definition) is 4. The predicted octanol–water partition coefficient (Wildman–Crippen LogP) is 4.09. The number of aromatic nitrogens is 1. The van der Waals surface area contributed by atoms with Gasteiger partial charge in [-0.1, -0.05) is 23.7 Å². The molecule has 2 N–H and O–H groups in total. The lowest BCUT2D eigenvalue weighted by Crippen LogP contribution is -2.12. The first-order chi connectivity index (χ1) is 9.13. The predicted molar refractivity (Wildman–Crippen MR) is 78.7 cm³/mol. The third kappa shape index (κ3) is 2.52. The zero-order chi connectivity index (χ0) is 13.4. The molecule has 0 radical (unpaired) electrons. The van der Waals surface area contributed by atoms with E-state index in [0.717, 1.165) is 21.8 Å². The molecule has 0 aliphatic heterocycles. The van der Waals surface area contributed by atoms with E-state index in [-0.39, 0.29) is 6.04 Å². The summed E-state index contributed by atoms with van der Waals surface area (Å²) in [6, 6.07) is 7.43. The van der Waals surface area contributed by atoms with Gasteiger partial charge in [0.05, 0.1) is 16.1 Å². The molecule has 19 heavy (non-hydrogen) atoms. The van der Waals surface area contributed by atoms with Crippen molar-refractivity contribution in [3.63, 3.8) is 0 Å². The van der Waals surface area contributed by atoms with Crippen molar-refractivity contribution in [2.45, 2.75) is 19.4 Å². The van der Waals surface area contributed by atoms with Gasteiger partial charge in [-0.25, -0.2) is 4.98 Å². The Morgan fingerprint density at radius 3 is 3.00 bits per heavy atom. The fraction of sp³-hybridized carbons (Fsp3) is 0.214. The Balaban J connectivity index is 1.89. The summed E-state index contributed by atoms with van der Waals surface area (Å²) in [4.78, 5) is 4.42. The molecule has 0 saturated carbocycles. The number of furan rings is 1. The van der Waals surface area contributed by atoms with Crippen LogP contribution in [0.4, 0.5) is 0 Å². The quantitative estimate of drug-likeness (QED) is 0.791. The molecule has 2 aromatic heterocycles. The highest BCUT2D eigenvalue weighted by atomic mass is 35.5. The number of rotatable bonds is 3. The molecule has 0 aliphatic carbocycles. The van der Waals surface area contributed by atoms with Gasteiger partial charge in [0.1, 0.15) is 5.76 Å². The van der Waals surface area contributed by atoms with Gasteiger partial charge in [0, 0.05) is 22.9 Å². The van der Waals surface area contributed by atoms with Gasteiger partial charge in [-0.3, -0.25) is 0 Å². The molecule has 3 rings (SSSR count). The second-order valence-corrected chi connectivity index (χ2v) is 5.85. The molecule has 0 fully saturated rings. The summed E-state index contributed by atoms with van der Waals surface area (Å²) >= 11 is 7.72. The van der Waals surface area contributed by atoms with Crippen molar-refractivity contribution in [2.24, 2.45) is 5.73 Å². The number of para-hydroxylation sites is 1. The van der Waals surface area contributed by atoms with Crippen LogP contribution in [0.5, 0.6) is 0 Å². The van der Waals surface area contributed by atoms with Crippen molar-refractivity contribution in [3.05, 3.63) is 51.1 Å². The largest absolute Gasteiger partial charge is 0.458 e. The standard InChI is InChI=1S/C14H13ClN2OS/c1-8-7-19-13(17-8)6-11(16)12-5-9-3-2-4-10(15)14(9)18-12/h2-5,7,11H,6,16H2,1H3. The first kappa shape index (κ1) is 12.7. The lowest BCUT2D eigenvalue weighted by molar-refractivity contribution is 0.493. The monoisotopic (exact) mass is 292 g/mol. The number of fused-ring (bicyclic) bond motifs is 1. The number of aryl methyl sites for hydroxylation is 1. The molecule has 98 valence electrons. The van der Waals surface area contributed by atoms with Crippen LogP contribution in [-0.4, -0.2) is 4.98 Å². The van der Waals surface area contributed by atoms with Gasteiger partial charge < -0.3 is 10.2 Å². The normalized spacial score (nSPS) is 13.0. The van der Waals surface area contributed by atoms with E-state index >= 15 is 0 Å². The van der Waals surface area contributed by atoms with E-state index < -0.39 is 0 Å². The van der Waals surface area contributed by atoms with Crippen molar-refractivity contribution in [1.29, 1.82) is 0 Å². The highest BCUT2D eigenvalue weighted by Crippen LogP contribution is 2.30. The Labute approximate surface area is 120 Å². The van der Waals surface area contributed by atoms with Gasteiger partial charge in [0.2, 0.25) is 0 Å². The third-order valence-electron chi connectivity index (χ3n) is 2.94. The van der Waals surface area contributed by atoms with E-state index in [1.165, 1.54) is 0 Å². The number of nitrogens with zero attached hydrogens (tertiary/aromatic N) is 1. The van der Waals surface area contributed by atoms with Crippen LogP contribution >= 0.6 is 22.9 Å². The van der Waals surface area contributed by atoms with Crippen LogP contribution in [0.2, 0.25) is 5.02 Å². The van der Waals surface area contributed by atoms with Crippen LogP contribution in [0.1, 0.15) is 22.5 Å². The van der Waals surface area contributed by atoms with Crippen molar-refractivity contribution in [2.75, 3.05) is 0 Å². The highest BCUT2D eigenvalue weighted by Gasteiger charge is 2.15. The number of nitrogens with two attached hydrogens (primary N) is 1. The van der Waals surface area contributed by atoms with Crippen LogP contribution in [0.15, 0.2) is 34.1 Å². The fourth-order valence-electron chi connectivity index (χ4n) is 2.02. The molecule has 0 saturated heterocycles. The zero-order valence-electron chi connectivity index (χ0n) is 10.4. The summed E-state index contributed by atoms with van der Waals surface area (Å²) in [6.07, 6.45) is 0.677. The Hall–Kier alpha value is -1.36. The Bertz CT molecular complexity index is 719. The van der Waals surface area contributed by atoms with Gasteiger partial charge >= 0.3 is 0 Å². The number of hydrogen-bond donors (Lipinski definition) is 1. The average Bonchev–Trinajstić information content (AvgIpc) is 2.96. The van der Waals surface area contributed by atoms with Gasteiger partial charge in [0.15, 0.2) is 5.58 Å². The summed E-state index contributed by atoms with van der Waals surface area (Å²) in [6.45, 7) is 1.98. The minimum Gasteiger partial charge on any atom is -0.458 e. The van der Waals surface area contributed by atoms with Crippen LogP contribution < -0.4 is 5.73 Å². The van der Waals surface area contributed by atoms with Crippen molar-refractivity contribution in [1.82, 2.24) is 4.98 Å². The van der Waals surface area contributed by atoms with E-state index in [1.54, 1.807) is 11.3 Å². The number of thiazole rings is 1. The Kier molecular flexibility index (Phi) is 3.31. The molecule has 0 amide bonds. The Morgan fingerprint density at radius 1 is 1.47 bits per heavy atom. The highest BCUT2D eigenvalue weighted by molar-refractivity contribution is 7.09. The van der Waals surface area contributed by atoms with Gasteiger partial charge in [-0.2, -0.15) is 0 Å². The van der Waals surface area contributed by atoms with E-state index in [9.17, 15) is 0 Å². The summed E-state index contributed by atoms with van der Waals surface area (Å²) in [5.41, 5.74) is 7.91. The maximum atomic E-state index is 6.18. The maximum Gasteiger partial charge on any atom is 0.152 e.